The maximum Gasteiger partial charge on any atom is 0.255 e. The third kappa shape index (κ3) is 4.07. The molecule has 5 heteroatoms. The van der Waals surface area contributed by atoms with Crippen molar-refractivity contribution in [3.05, 3.63) is 23.9 Å². The second kappa shape index (κ2) is 7.97. The molecule has 2 unspecified atom stereocenters. The van der Waals surface area contributed by atoms with Crippen molar-refractivity contribution < 1.29 is 9.90 Å². The highest BCUT2D eigenvalue weighted by molar-refractivity contribution is 5.93. The fourth-order valence-electron chi connectivity index (χ4n) is 3.88. The fraction of sp³-hybridized carbons (Fsp3) is 0.684. The summed E-state index contributed by atoms with van der Waals surface area (Å²) in [5.41, 5.74) is 0.628. The molecule has 2 aliphatic rings. The maximum atomic E-state index is 12.6. The van der Waals surface area contributed by atoms with Crippen molar-refractivity contribution >= 4 is 11.7 Å². The lowest BCUT2D eigenvalue weighted by molar-refractivity contribution is 0.0693. The number of aromatic nitrogens is 1. The molecular formula is C19H29N3O2. The molecule has 24 heavy (non-hydrogen) atoms. The molecule has 1 aromatic heterocycles. The number of amides is 1. The van der Waals surface area contributed by atoms with Gasteiger partial charge in [-0.05, 0) is 37.8 Å². The van der Waals surface area contributed by atoms with E-state index in [-0.39, 0.29) is 17.9 Å². The monoisotopic (exact) mass is 331 g/mol. The van der Waals surface area contributed by atoms with E-state index in [0.717, 1.165) is 38.2 Å². The van der Waals surface area contributed by atoms with E-state index in [4.69, 9.17) is 0 Å². The van der Waals surface area contributed by atoms with Crippen LogP contribution in [0.3, 0.4) is 0 Å². The Bertz CT molecular complexity index is 538. The minimum Gasteiger partial charge on any atom is -0.393 e. The Balaban J connectivity index is 1.60. The first-order valence-corrected chi connectivity index (χ1v) is 9.29. The molecule has 2 fully saturated rings. The molecule has 5 nitrogen and oxygen atoms in total. The van der Waals surface area contributed by atoms with Crippen molar-refractivity contribution in [3.63, 3.8) is 0 Å². The highest BCUT2D eigenvalue weighted by atomic mass is 16.3. The first-order valence-electron chi connectivity index (χ1n) is 9.29. The van der Waals surface area contributed by atoms with Crippen LogP contribution in [0.25, 0.3) is 0 Å². The Morgan fingerprint density at radius 2 is 1.96 bits per heavy atom. The van der Waals surface area contributed by atoms with E-state index >= 15 is 0 Å². The van der Waals surface area contributed by atoms with Gasteiger partial charge in [-0.15, -0.1) is 0 Å². The Labute approximate surface area is 144 Å². The predicted octanol–water partition coefficient (Wildman–Crippen LogP) is 2.70. The second-order valence-electron chi connectivity index (χ2n) is 7.25. The summed E-state index contributed by atoms with van der Waals surface area (Å²) in [4.78, 5) is 21.1. The lowest BCUT2D eigenvalue weighted by Crippen LogP contribution is -2.34. The van der Waals surface area contributed by atoms with Gasteiger partial charge < -0.3 is 14.9 Å². The summed E-state index contributed by atoms with van der Waals surface area (Å²) in [6, 6.07) is 3.86. The average Bonchev–Trinajstić information content (AvgIpc) is 2.85. The molecule has 1 saturated heterocycles. The van der Waals surface area contributed by atoms with Gasteiger partial charge in [0, 0.05) is 38.8 Å². The lowest BCUT2D eigenvalue weighted by Gasteiger charge is -2.24. The topological polar surface area (TPSA) is 56.7 Å². The zero-order chi connectivity index (χ0) is 16.9. The molecule has 0 aromatic carbocycles. The van der Waals surface area contributed by atoms with Crippen molar-refractivity contribution in [2.75, 3.05) is 31.6 Å². The summed E-state index contributed by atoms with van der Waals surface area (Å²) < 4.78 is 0. The molecule has 1 amide bonds. The van der Waals surface area contributed by atoms with Gasteiger partial charge in [0.1, 0.15) is 5.82 Å². The summed E-state index contributed by atoms with van der Waals surface area (Å²) in [5.74, 6) is 1.18. The minimum atomic E-state index is -0.260. The molecule has 1 N–H and O–H groups in total. The van der Waals surface area contributed by atoms with Gasteiger partial charge in [0.2, 0.25) is 0 Å². The second-order valence-corrected chi connectivity index (χ2v) is 7.25. The summed E-state index contributed by atoms with van der Waals surface area (Å²) in [6.45, 7) is 2.73. The average molecular weight is 331 g/mol. The molecule has 1 aliphatic heterocycles. The first kappa shape index (κ1) is 17.2. The van der Waals surface area contributed by atoms with Crippen LogP contribution < -0.4 is 4.90 Å². The van der Waals surface area contributed by atoms with Crippen molar-refractivity contribution in [2.24, 2.45) is 5.92 Å². The molecule has 132 valence electrons. The van der Waals surface area contributed by atoms with E-state index in [0.29, 0.717) is 12.1 Å². The summed E-state index contributed by atoms with van der Waals surface area (Å²) >= 11 is 0. The quantitative estimate of drug-likeness (QED) is 0.922. The smallest absolute Gasteiger partial charge is 0.255 e. The van der Waals surface area contributed by atoms with E-state index in [1.54, 1.807) is 11.1 Å². The minimum absolute atomic E-state index is 0.0102. The van der Waals surface area contributed by atoms with Crippen LogP contribution in [0, 0.1) is 5.92 Å². The van der Waals surface area contributed by atoms with Crippen LogP contribution in [0.1, 0.15) is 55.3 Å². The molecule has 1 aromatic rings. The Morgan fingerprint density at radius 1 is 1.21 bits per heavy atom. The van der Waals surface area contributed by atoms with Crippen LogP contribution in [-0.4, -0.2) is 53.7 Å². The largest absolute Gasteiger partial charge is 0.393 e. The van der Waals surface area contributed by atoms with E-state index < -0.39 is 0 Å². The van der Waals surface area contributed by atoms with Crippen LogP contribution in [0.4, 0.5) is 5.82 Å². The van der Waals surface area contributed by atoms with E-state index in [2.05, 4.69) is 9.88 Å². The number of anilines is 1. The maximum absolute atomic E-state index is 12.6. The summed E-state index contributed by atoms with van der Waals surface area (Å²) in [6.07, 6.45) is 9.39. The van der Waals surface area contributed by atoms with Crippen molar-refractivity contribution in [1.82, 2.24) is 9.88 Å². The van der Waals surface area contributed by atoms with Crippen molar-refractivity contribution in [3.8, 4) is 0 Å². The number of pyridine rings is 1. The number of nitrogens with zero attached hydrogens (tertiary/aromatic N) is 3. The molecule has 0 spiro atoms. The van der Waals surface area contributed by atoms with Gasteiger partial charge in [0.15, 0.2) is 0 Å². The van der Waals surface area contributed by atoms with Crippen LogP contribution >= 0.6 is 0 Å². The number of aliphatic hydroxyl groups excluding tert-OH is 1. The van der Waals surface area contributed by atoms with Gasteiger partial charge in [0.25, 0.3) is 5.91 Å². The number of hydrogen-bond acceptors (Lipinski definition) is 4. The standard InChI is InChI=1S/C19H29N3O2/c1-21(14-16-7-6-8-17(16)23)19(24)15-9-10-18(20-13-15)22-11-4-2-3-5-12-22/h9-10,13,16-17,23H,2-8,11-12,14H2,1H3. The molecule has 0 radical (unpaired) electrons. The van der Waals surface area contributed by atoms with Gasteiger partial charge >= 0.3 is 0 Å². The van der Waals surface area contributed by atoms with Gasteiger partial charge in [-0.1, -0.05) is 19.3 Å². The zero-order valence-electron chi connectivity index (χ0n) is 14.7. The normalized spacial score (nSPS) is 24.7. The lowest BCUT2D eigenvalue weighted by atomic mass is 10.1. The molecule has 1 aliphatic carbocycles. The highest BCUT2D eigenvalue weighted by Crippen LogP contribution is 2.26. The third-order valence-electron chi connectivity index (χ3n) is 5.40. The third-order valence-corrected chi connectivity index (χ3v) is 5.40. The fourth-order valence-corrected chi connectivity index (χ4v) is 3.88. The van der Waals surface area contributed by atoms with Gasteiger partial charge in [0.05, 0.1) is 11.7 Å². The number of carbonyl (C=O) groups excluding carboxylic acids is 1. The van der Waals surface area contributed by atoms with E-state index in [9.17, 15) is 9.90 Å². The van der Waals surface area contributed by atoms with E-state index in [1.165, 1.54) is 25.7 Å². The Kier molecular flexibility index (Phi) is 5.72. The highest BCUT2D eigenvalue weighted by Gasteiger charge is 2.27. The van der Waals surface area contributed by atoms with E-state index in [1.807, 2.05) is 19.2 Å². The number of rotatable bonds is 4. The number of carbonyl (C=O) groups is 1. The molecular weight excluding hydrogens is 302 g/mol. The predicted molar refractivity (Wildman–Crippen MR) is 95.2 cm³/mol. The van der Waals surface area contributed by atoms with Gasteiger partial charge in [-0.25, -0.2) is 4.98 Å². The summed E-state index contributed by atoms with van der Waals surface area (Å²) in [7, 11) is 1.82. The van der Waals surface area contributed by atoms with Gasteiger partial charge in [-0.3, -0.25) is 4.79 Å². The SMILES string of the molecule is CN(CC1CCCC1O)C(=O)c1ccc(N2CCCCCC2)nc1. The molecule has 0 bridgehead atoms. The molecule has 2 atom stereocenters. The van der Waals surface area contributed by atoms with Crippen LogP contribution in [0.2, 0.25) is 0 Å². The molecule has 3 rings (SSSR count). The first-order chi connectivity index (χ1) is 11.6. The van der Waals surface area contributed by atoms with Gasteiger partial charge in [-0.2, -0.15) is 0 Å². The number of aliphatic hydroxyl groups is 1. The Morgan fingerprint density at radius 3 is 2.54 bits per heavy atom. The Hall–Kier alpha value is -1.62. The van der Waals surface area contributed by atoms with Crippen LogP contribution in [0.5, 0.6) is 0 Å². The van der Waals surface area contributed by atoms with Crippen LogP contribution in [0.15, 0.2) is 18.3 Å². The zero-order valence-corrected chi connectivity index (χ0v) is 14.7. The molecule has 2 heterocycles. The van der Waals surface area contributed by atoms with Crippen molar-refractivity contribution in [1.29, 1.82) is 0 Å². The summed E-state index contributed by atoms with van der Waals surface area (Å²) in [5, 5.41) is 9.94. The van der Waals surface area contributed by atoms with Crippen LogP contribution in [-0.2, 0) is 0 Å². The molecule has 1 saturated carbocycles. The van der Waals surface area contributed by atoms with Crippen molar-refractivity contribution in [2.45, 2.75) is 51.0 Å². The number of hydrogen-bond donors (Lipinski definition) is 1.